The molecule has 2 aliphatic heterocycles. The third kappa shape index (κ3) is 6.02. The summed E-state index contributed by atoms with van der Waals surface area (Å²) in [7, 11) is 0. The van der Waals surface area contributed by atoms with Gasteiger partial charge in [0.1, 0.15) is 11.2 Å². The van der Waals surface area contributed by atoms with Crippen LogP contribution in [0.4, 0.5) is 34.1 Å². The first-order chi connectivity index (χ1) is 28.1. The molecule has 7 aromatic carbocycles. The molecule has 0 bridgehead atoms. The van der Waals surface area contributed by atoms with Crippen LogP contribution >= 0.6 is 0 Å². The predicted molar refractivity (Wildman–Crippen MR) is 254 cm³/mol. The van der Waals surface area contributed by atoms with E-state index in [0.717, 1.165) is 27.6 Å². The quantitative estimate of drug-likeness (QED) is 0.167. The lowest BCUT2D eigenvalue weighted by Gasteiger charge is -2.45. The molecule has 8 aromatic rings. The average Bonchev–Trinajstić information content (AvgIpc) is 3.58. The predicted octanol–water partition coefficient (Wildman–Crippen LogP) is 13.5. The topological polar surface area (TPSA) is 19.6 Å². The monoisotopic (exact) mass is 768 g/mol. The van der Waals surface area contributed by atoms with Crippen molar-refractivity contribution in [3.63, 3.8) is 0 Å². The number of nitrogens with zero attached hydrogens (tertiary/aromatic N) is 2. The van der Waals surface area contributed by atoms with Gasteiger partial charge in [-0.25, -0.2) is 0 Å². The molecule has 0 saturated carbocycles. The lowest BCUT2D eigenvalue weighted by atomic mass is 9.33. The lowest BCUT2D eigenvalue weighted by molar-refractivity contribution is 0.590. The Hall–Kier alpha value is -6.00. The number of aryl methyl sites for hydroxylation is 1. The van der Waals surface area contributed by atoms with E-state index in [1.165, 1.54) is 78.2 Å². The normalized spacial score (nSPS) is 13.8. The maximum absolute atomic E-state index is 6.30. The molecule has 0 N–H and O–H groups in total. The Balaban J connectivity index is 1.21. The Morgan fingerprint density at radius 2 is 1.02 bits per heavy atom. The first-order valence-electron chi connectivity index (χ1n) is 21.2. The maximum Gasteiger partial charge on any atom is 0.252 e. The van der Waals surface area contributed by atoms with E-state index < -0.39 is 0 Å². The van der Waals surface area contributed by atoms with Crippen LogP contribution in [0.2, 0.25) is 0 Å². The van der Waals surface area contributed by atoms with E-state index in [-0.39, 0.29) is 23.0 Å². The largest absolute Gasteiger partial charge is 0.456 e. The fourth-order valence-corrected chi connectivity index (χ4v) is 9.54. The molecular formula is C55H53BN2O. The third-order valence-corrected chi connectivity index (χ3v) is 12.8. The van der Waals surface area contributed by atoms with Crippen LogP contribution in [-0.2, 0) is 16.2 Å². The van der Waals surface area contributed by atoms with Gasteiger partial charge in [0.15, 0.2) is 0 Å². The molecule has 10 rings (SSSR count). The molecule has 3 heterocycles. The lowest BCUT2D eigenvalue weighted by Crippen LogP contribution is -2.61. The zero-order chi connectivity index (χ0) is 41.2. The van der Waals surface area contributed by atoms with Gasteiger partial charge in [-0.3, -0.25) is 0 Å². The third-order valence-electron chi connectivity index (χ3n) is 12.8. The summed E-state index contributed by atoms with van der Waals surface area (Å²) >= 11 is 0. The molecule has 0 aliphatic carbocycles. The van der Waals surface area contributed by atoms with E-state index in [1.807, 2.05) is 6.07 Å². The van der Waals surface area contributed by atoms with Crippen molar-refractivity contribution < 1.29 is 4.42 Å². The van der Waals surface area contributed by atoms with Crippen molar-refractivity contribution in [1.82, 2.24) is 0 Å². The number of fused-ring (bicyclic) bond motifs is 7. The van der Waals surface area contributed by atoms with Crippen molar-refractivity contribution >= 4 is 79.2 Å². The van der Waals surface area contributed by atoms with E-state index in [9.17, 15) is 0 Å². The van der Waals surface area contributed by atoms with Crippen LogP contribution in [0.5, 0.6) is 0 Å². The van der Waals surface area contributed by atoms with Gasteiger partial charge in [0, 0.05) is 44.9 Å². The van der Waals surface area contributed by atoms with Gasteiger partial charge in [-0.1, -0.05) is 141 Å². The Labute approximate surface area is 350 Å². The van der Waals surface area contributed by atoms with E-state index in [0.29, 0.717) is 0 Å². The van der Waals surface area contributed by atoms with Gasteiger partial charge >= 0.3 is 0 Å². The van der Waals surface area contributed by atoms with E-state index in [1.54, 1.807) is 0 Å². The van der Waals surface area contributed by atoms with Crippen LogP contribution in [0.25, 0.3) is 33.1 Å². The van der Waals surface area contributed by atoms with Gasteiger partial charge in [0.2, 0.25) is 0 Å². The average molecular weight is 769 g/mol. The number of furan rings is 1. The summed E-state index contributed by atoms with van der Waals surface area (Å²) in [6.07, 6.45) is 0. The van der Waals surface area contributed by atoms with Crippen LogP contribution in [-0.4, -0.2) is 6.71 Å². The van der Waals surface area contributed by atoms with Gasteiger partial charge in [0.05, 0.1) is 0 Å². The van der Waals surface area contributed by atoms with Crippen LogP contribution in [0.15, 0.2) is 144 Å². The molecule has 0 saturated heterocycles. The van der Waals surface area contributed by atoms with Crippen molar-refractivity contribution in [3.8, 4) is 11.1 Å². The summed E-state index contributed by atoms with van der Waals surface area (Å²) in [5.74, 6) is 0. The highest BCUT2D eigenvalue weighted by Gasteiger charge is 2.44. The minimum atomic E-state index is -0.0193. The minimum Gasteiger partial charge on any atom is -0.456 e. The zero-order valence-electron chi connectivity index (χ0n) is 36.2. The van der Waals surface area contributed by atoms with Crippen LogP contribution in [0.3, 0.4) is 0 Å². The summed E-state index contributed by atoms with van der Waals surface area (Å²) in [6, 6.07) is 52.6. The molecule has 59 heavy (non-hydrogen) atoms. The Kier molecular flexibility index (Phi) is 8.22. The van der Waals surface area contributed by atoms with Crippen molar-refractivity contribution in [1.29, 1.82) is 0 Å². The van der Waals surface area contributed by atoms with Crippen LogP contribution in [0, 0.1) is 6.92 Å². The highest BCUT2D eigenvalue weighted by Crippen LogP contribution is 2.47. The molecule has 3 nitrogen and oxygen atoms in total. The van der Waals surface area contributed by atoms with E-state index >= 15 is 0 Å². The molecule has 0 unspecified atom stereocenters. The molecule has 0 amide bonds. The van der Waals surface area contributed by atoms with Crippen molar-refractivity contribution in [2.75, 3.05) is 9.80 Å². The molecule has 292 valence electrons. The summed E-state index contributed by atoms with van der Waals surface area (Å²) in [4.78, 5) is 5.08. The van der Waals surface area contributed by atoms with Crippen LogP contribution in [0.1, 0.15) is 84.6 Å². The number of hydrogen-bond donors (Lipinski definition) is 0. The fraction of sp³-hybridized carbons (Fsp3) is 0.236. The molecule has 1 aromatic heterocycles. The number of rotatable bonds is 3. The Morgan fingerprint density at radius 3 is 1.68 bits per heavy atom. The van der Waals surface area contributed by atoms with Gasteiger partial charge < -0.3 is 14.2 Å². The van der Waals surface area contributed by atoms with Gasteiger partial charge in [-0.15, -0.1) is 0 Å². The number of para-hydroxylation sites is 1. The van der Waals surface area contributed by atoms with Crippen molar-refractivity contribution in [2.45, 2.75) is 85.5 Å². The van der Waals surface area contributed by atoms with Crippen molar-refractivity contribution in [3.05, 3.63) is 162 Å². The van der Waals surface area contributed by atoms with Gasteiger partial charge in [-0.05, 0) is 134 Å². The number of hydrogen-bond acceptors (Lipinski definition) is 3. The van der Waals surface area contributed by atoms with Crippen LogP contribution < -0.4 is 26.2 Å². The molecule has 0 radical (unpaired) electrons. The second kappa shape index (κ2) is 13.0. The summed E-state index contributed by atoms with van der Waals surface area (Å²) in [6.45, 7) is 23.1. The zero-order valence-corrected chi connectivity index (χ0v) is 36.2. The summed E-state index contributed by atoms with van der Waals surface area (Å²) in [5, 5.41) is 2.31. The highest BCUT2D eigenvalue weighted by atomic mass is 16.3. The summed E-state index contributed by atoms with van der Waals surface area (Å²) < 4.78 is 6.30. The molecule has 0 spiro atoms. The van der Waals surface area contributed by atoms with Gasteiger partial charge in [0.25, 0.3) is 6.71 Å². The highest BCUT2D eigenvalue weighted by molar-refractivity contribution is 7.00. The fourth-order valence-electron chi connectivity index (χ4n) is 9.54. The SMILES string of the molecule is Cc1cc2c3c(c1)N(c1ccc(-c4cccc5oc6ccccc6c45)cc1)c1cc(C(C)(C)C)ccc1B3c1cc(C(C)(C)C)ccc1N2c1ccc(C(C)(C)C)cc1. The first-order valence-corrected chi connectivity index (χ1v) is 21.2. The molecule has 2 aliphatic rings. The van der Waals surface area contributed by atoms with E-state index in [2.05, 4.69) is 212 Å². The minimum absolute atomic E-state index is 0.000946. The smallest absolute Gasteiger partial charge is 0.252 e. The molecule has 0 fully saturated rings. The maximum atomic E-state index is 6.30. The molecule has 4 heteroatoms. The Bertz CT molecular complexity index is 2950. The Morgan fingerprint density at radius 1 is 0.458 bits per heavy atom. The molecule has 0 atom stereocenters. The molecular weight excluding hydrogens is 715 g/mol. The second-order valence-electron chi connectivity index (χ2n) is 20.0. The van der Waals surface area contributed by atoms with Crippen molar-refractivity contribution in [2.24, 2.45) is 0 Å². The first kappa shape index (κ1) is 37.3. The van der Waals surface area contributed by atoms with E-state index in [4.69, 9.17) is 4.42 Å². The number of anilines is 6. The standard InChI is InChI=1S/C55H53BN2O/c1-34-30-47-52-48(31-34)58(39-24-18-35(19-25-39)41-15-13-17-50-51(41)42-14-11-12-16-49(42)59-50)46-33-38(55(8,9)10)22-28-43(46)56(52)44-32-37(54(5,6)7)23-29-45(44)57(47)40-26-20-36(21-27-40)53(2,3)4/h11-33H,1-10H3. The number of benzene rings is 7. The van der Waals surface area contributed by atoms with Gasteiger partial charge in [-0.2, -0.15) is 0 Å². The summed E-state index contributed by atoms with van der Waals surface area (Å²) in [5.41, 5.74) is 20.8. The second-order valence-corrected chi connectivity index (χ2v) is 20.0.